The van der Waals surface area contributed by atoms with Gasteiger partial charge in [-0.15, -0.1) is 0 Å². The van der Waals surface area contributed by atoms with Crippen molar-refractivity contribution >= 4 is 5.78 Å². The number of carbonyl (C=O) groups is 1. The quantitative estimate of drug-likeness (QED) is 0.691. The third-order valence-corrected chi connectivity index (χ3v) is 6.98. The maximum atomic E-state index is 13.5. The van der Waals surface area contributed by atoms with E-state index in [1.54, 1.807) is 0 Å². The molecule has 1 aromatic rings. The molecule has 0 N–H and O–H groups in total. The van der Waals surface area contributed by atoms with Crippen LogP contribution in [-0.4, -0.2) is 5.78 Å². The molecule has 0 aliphatic heterocycles. The van der Waals surface area contributed by atoms with Crippen molar-refractivity contribution < 1.29 is 4.79 Å². The van der Waals surface area contributed by atoms with Crippen molar-refractivity contribution in [3.63, 3.8) is 0 Å². The number of hydrogen-bond acceptors (Lipinski definition) is 1. The van der Waals surface area contributed by atoms with Crippen LogP contribution in [0.25, 0.3) is 0 Å². The summed E-state index contributed by atoms with van der Waals surface area (Å²) in [6, 6.07) is 10.8. The lowest BCUT2D eigenvalue weighted by Crippen LogP contribution is -2.41. The van der Waals surface area contributed by atoms with E-state index in [-0.39, 0.29) is 10.8 Å². The number of rotatable bonds is 2. The maximum absolute atomic E-state index is 13.5. The van der Waals surface area contributed by atoms with Crippen LogP contribution in [0.3, 0.4) is 0 Å². The predicted octanol–water partition coefficient (Wildman–Crippen LogP) is 5.13. The minimum absolute atomic E-state index is 0.0709. The summed E-state index contributed by atoms with van der Waals surface area (Å²) in [6.07, 6.45) is 10.4. The molecule has 116 valence electrons. The molecule has 0 unspecified atom stereocenters. The number of carbonyl (C=O) groups excluding carboxylic acids is 1. The van der Waals surface area contributed by atoms with Gasteiger partial charge in [-0.3, -0.25) is 4.79 Å². The van der Waals surface area contributed by atoms with Gasteiger partial charge in [0.1, 0.15) is 5.78 Å². The van der Waals surface area contributed by atoms with Gasteiger partial charge in [-0.25, -0.2) is 0 Å². The highest BCUT2D eigenvalue weighted by molar-refractivity contribution is 5.97. The van der Waals surface area contributed by atoms with Crippen LogP contribution in [-0.2, 0) is 4.79 Å². The fourth-order valence-corrected chi connectivity index (χ4v) is 6.21. The van der Waals surface area contributed by atoms with E-state index in [0.717, 1.165) is 12.8 Å². The third-order valence-electron chi connectivity index (χ3n) is 6.98. The van der Waals surface area contributed by atoms with Gasteiger partial charge in [0, 0.05) is 10.8 Å². The molecule has 4 rings (SSSR count). The van der Waals surface area contributed by atoms with Crippen LogP contribution in [0.4, 0.5) is 0 Å². The number of Topliss-reactive ketones (excluding diaryl/α,β-unsaturated/α-hetero) is 1. The van der Waals surface area contributed by atoms with Gasteiger partial charge in [0.15, 0.2) is 0 Å². The van der Waals surface area contributed by atoms with Crippen LogP contribution < -0.4 is 0 Å². The van der Waals surface area contributed by atoms with Crippen LogP contribution in [0.15, 0.2) is 42.5 Å². The lowest BCUT2D eigenvalue weighted by Gasteiger charge is -2.47. The van der Waals surface area contributed by atoms with Crippen LogP contribution in [0, 0.1) is 22.7 Å². The van der Waals surface area contributed by atoms with Crippen molar-refractivity contribution in [2.75, 3.05) is 0 Å². The standard InChI is InChI=1S/C21H26O/c1-3-9-16-17-12-7-8-13-21(17)18(14-20(16,2)19(21)22)15-10-5-4-6-11-15/h3-6,9-11,16-18H,7-8,12-14H2,1-2H3/b9-3+/t16-,17-,18+,20+,21+/m0/s1. The molecule has 2 bridgehead atoms. The number of fused-ring (bicyclic) bond motifs is 1. The van der Waals surface area contributed by atoms with Gasteiger partial charge < -0.3 is 0 Å². The number of allylic oxidation sites excluding steroid dienone is 2. The molecular formula is C21H26O. The minimum atomic E-state index is -0.137. The first-order chi connectivity index (χ1) is 10.6. The maximum Gasteiger partial charge on any atom is 0.146 e. The van der Waals surface area contributed by atoms with E-state index >= 15 is 0 Å². The van der Waals surface area contributed by atoms with Crippen molar-refractivity contribution in [1.29, 1.82) is 0 Å². The first-order valence-electron chi connectivity index (χ1n) is 8.87. The monoisotopic (exact) mass is 294 g/mol. The average Bonchev–Trinajstić information content (AvgIpc) is 2.88. The Morgan fingerprint density at radius 3 is 2.68 bits per heavy atom. The second-order valence-electron chi connectivity index (χ2n) is 7.86. The first kappa shape index (κ1) is 14.2. The number of benzene rings is 1. The summed E-state index contributed by atoms with van der Waals surface area (Å²) in [7, 11) is 0. The summed E-state index contributed by atoms with van der Waals surface area (Å²) in [5.41, 5.74) is 1.19. The lowest BCUT2D eigenvalue weighted by atomic mass is 9.55. The number of hydrogen-bond donors (Lipinski definition) is 0. The van der Waals surface area contributed by atoms with Crippen molar-refractivity contribution in [3.8, 4) is 0 Å². The zero-order valence-electron chi connectivity index (χ0n) is 13.7. The van der Waals surface area contributed by atoms with Crippen LogP contribution in [0.2, 0.25) is 0 Å². The summed E-state index contributed by atoms with van der Waals surface area (Å²) >= 11 is 0. The average molecular weight is 294 g/mol. The van der Waals surface area contributed by atoms with Crippen LogP contribution in [0.5, 0.6) is 0 Å². The Morgan fingerprint density at radius 1 is 1.18 bits per heavy atom. The molecule has 3 aliphatic carbocycles. The zero-order chi connectivity index (χ0) is 15.4. The van der Waals surface area contributed by atoms with Gasteiger partial charge in [0.05, 0.1) is 0 Å². The first-order valence-corrected chi connectivity index (χ1v) is 8.87. The molecule has 3 aliphatic rings. The van der Waals surface area contributed by atoms with Gasteiger partial charge in [-0.2, -0.15) is 0 Å². The second-order valence-corrected chi connectivity index (χ2v) is 7.86. The zero-order valence-corrected chi connectivity index (χ0v) is 13.7. The molecule has 5 atom stereocenters. The molecule has 1 nitrogen and oxygen atoms in total. The summed E-state index contributed by atoms with van der Waals surface area (Å²) in [5.74, 6) is 2.05. The van der Waals surface area contributed by atoms with Gasteiger partial charge in [0.25, 0.3) is 0 Å². The highest BCUT2D eigenvalue weighted by Crippen LogP contribution is 2.73. The third kappa shape index (κ3) is 1.58. The van der Waals surface area contributed by atoms with Crippen LogP contribution in [0.1, 0.15) is 57.4 Å². The lowest BCUT2D eigenvalue weighted by molar-refractivity contribution is -0.131. The Kier molecular flexibility index (Phi) is 3.11. The van der Waals surface area contributed by atoms with Crippen molar-refractivity contribution in [3.05, 3.63) is 48.0 Å². The molecular weight excluding hydrogens is 268 g/mol. The molecule has 3 fully saturated rings. The molecule has 1 heteroatoms. The summed E-state index contributed by atoms with van der Waals surface area (Å²) < 4.78 is 0. The Bertz CT molecular complexity index is 616. The fraction of sp³-hybridized carbons (Fsp3) is 0.571. The number of ketones is 1. The van der Waals surface area contributed by atoms with Crippen LogP contribution >= 0.6 is 0 Å². The van der Waals surface area contributed by atoms with Gasteiger partial charge in [0.2, 0.25) is 0 Å². The van der Waals surface area contributed by atoms with E-state index in [9.17, 15) is 4.79 Å². The Hall–Kier alpha value is -1.37. The highest BCUT2D eigenvalue weighted by atomic mass is 16.1. The summed E-state index contributed by atoms with van der Waals surface area (Å²) in [5, 5.41) is 0. The van der Waals surface area contributed by atoms with Gasteiger partial charge in [-0.1, -0.05) is 62.2 Å². The SMILES string of the molecule is C/C=C/[C@H]1[C@@H]2CCCC[C@@]23C(=O)[C@]1(C)C[C@@H]3c1ccccc1. The normalized spacial score (nSPS) is 43.7. The van der Waals surface area contributed by atoms with Gasteiger partial charge in [-0.05, 0) is 49.5 Å². The molecule has 3 saturated carbocycles. The smallest absolute Gasteiger partial charge is 0.146 e. The highest BCUT2D eigenvalue weighted by Gasteiger charge is 2.73. The molecule has 0 aromatic heterocycles. The van der Waals surface area contributed by atoms with E-state index in [0.29, 0.717) is 23.5 Å². The summed E-state index contributed by atoms with van der Waals surface area (Å²) in [4.78, 5) is 13.5. The van der Waals surface area contributed by atoms with Crippen molar-refractivity contribution in [2.45, 2.75) is 51.9 Å². The summed E-state index contributed by atoms with van der Waals surface area (Å²) in [6.45, 7) is 4.35. The topological polar surface area (TPSA) is 17.1 Å². The molecule has 22 heavy (non-hydrogen) atoms. The van der Waals surface area contributed by atoms with E-state index in [4.69, 9.17) is 0 Å². The van der Waals surface area contributed by atoms with Crippen molar-refractivity contribution in [1.82, 2.24) is 0 Å². The molecule has 1 aromatic carbocycles. The van der Waals surface area contributed by atoms with E-state index in [2.05, 4.69) is 56.3 Å². The molecule has 0 radical (unpaired) electrons. The Labute approximate surface area is 133 Å². The Morgan fingerprint density at radius 2 is 1.95 bits per heavy atom. The minimum Gasteiger partial charge on any atom is -0.298 e. The van der Waals surface area contributed by atoms with E-state index in [1.807, 2.05) is 0 Å². The van der Waals surface area contributed by atoms with E-state index < -0.39 is 0 Å². The molecule has 0 saturated heterocycles. The molecule has 1 spiro atoms. The van der Waals surface area contributed by atoms with Gasteiger partial charge >= 0.3 is 0 Å². The molecule has 0 amide bonds. The Balaban J connectivity index is 1.86. The van der Waals surface area contributed by atoms with Crippen molar-refractivity contribution in [2.24, 2.45) is 22.7 Å². The largest absolute Gasteiger partial charge is 0.298 e. The van der Waals surface area contributed by atoms with E-state index in [1.165, 1.54) is 24.8 Å². The second kappa shape index (κ2) is 4.81. The fourth-order valence-electron chi connectivity index (χ4n) is 6.21. The predicted molar refractivity (Wildman–Crippen MR) is 89.6 cm³/mol. The molecule has 0 heterocycles.